The summed E-state index contributed by atoms with van der Waals surface area (Å²) in [5.41, 5.74) is 9.69. The Kier molecular flexibility index (Phi) is 5.35. The second kappa shape index (κ2) is 7.31. The van der Waals surface area contributed by atoms with Crippen LogP contribution in [0.15, 0.2) is 40.5 Å². The van der Waals surface area contributed by atoms with Gasteiger partial charge in [0.1, 0.15) is 5.69 Å². The highest BCUT2D eigenvalue weighted by Crippen LogP contribution is 2.35. The Bertz CT molecular complexity index is 838. The van der Waals surface area contributed by atoms with Gasteiger partial charge in [0.15, 0.2) is 0 Å². The summed E-state index contributed by atoms with van der Waals surface area (Å²) in [6.45, 7) is 0. The van der Waals surface area contributed by atoms with Gasteiger partial charge in [0.2, 0.25) is 5.96 Å². The van der Waals surface area contributed by atoms with E-state index in [1.54, 1.807) is 0 Å². The summed E-state index contributed by atoms with van der Waals surface area (Å²) >= 11 is 5.84. The molecule has 13 heteroatoms. The number of nitrogens with two attached hydrogens (primary N) is 2. The van der Waals surface area contributed by atoms with Crippen LogP contribution in [-0.4, -0.2) is 23.9 Å². The molecule has 0 amide bonds. The van der Waals surface area contributed by atoms with E-state index in [2.05, 4.69) is 15.0 Å². The first-order valence-corrected chi connectivity index (χ1v) is 6.91. The number of rotatable bonds is 1. The van der Waals surface area contributed by atoms with E-state index in [-0.39, 0.29) is 5.69 Å². The average Bonchev–Trinajstić information content (AvgIpc) is 2.56. The van der Waals surface area contributed by atoms with Crippen molar-refractivity contribution in [1.29, 1.82) is 0 Å². The summed E-state index contributed by atoms with van der Waals surface area (Å²) in [7, 11) is 0. The second-order valence-electron chi connectivity index (χ2n) is 4.53. The van der Waals surface area contributed by atoms with Gasteiger partial charge in [-0.15, -0.1) is 5.06 Å². The highest BCUT2D eigenvalue weighted by atomic mass is 35.5. The summed E-state index contributed by atoms with van der Waals surface area (Å²) in [5, 5.41) is 3.20. The minimum absolute atomic E-state index is 0.248. The number of oxime groups is 1. The van der Waals surface area contributed by atoms with Gasteiger partial charge in [-0.2, -0.15) is 18.2 Å². The van der Waals surface area contributed by atoms with Crippen molar-refractivity contribution in [3.63, 3.8) is 0 Å². The first-order chi connectivity index (χ1) is 12.1. The zero-order chi connectivity index (χ0) is 19.5. The molecule has 138 valence electrons. The lowest BCUT2D eigenvalue weighted by Crippen LogP contribution is -2.40. The van der Waals surface area contributed by atoms with Crippen LogP contribution in [0.2, 0.25) is 5.02 Å². The van der Waals surface area contributed by atoms with E-state index >= 15 is 0 Å². The van der Waals surface area contributed by atoms with E-state index in [1.165, 1.54) is 0 Å². The maximum Gasteiger partial charge on any atom is 0.416 e. The average molecular weight is 392 g/mol. The van der Waals surface area contributed by atoms with Crippen LogP contribution >= 0.6 is 11.6 Å². The predicted molar refractivity (Wildman–Crippen MR) is 83.5 cm³/mol. The van der Waals surface area contributed by atoms with Gasteiger partial charge in [-0.25, -0.2) is 9.59 Å². The van der Waals surface area contributed by atoms with E-state index in [4.69, 9.17) is 27.9 Å². The summed E-state index contributed by atoms with van der Waals surface area (Å²) in [4.78, 5) is 35.6. The Hall–Kier alpha value is -3.28. The van der Waals surface area contributed by atoms with Crippen LogP contribution in [0.1, 0.15) is 5.56 Å². The topological polar surface area (TPSA) is 133 Å². The van der Waals surface area contributed by atoms with E-state index < -0.39 is 40.6 Å². The molecule has 0 aliphatic carbocycles. The normalized spacial score (nSPS) is 21.5. The number of halogens is 4. The van der Waals surface area contributed by atoms with Gasteiger partial charge in [-0.1, -0.05) is 11.6 Å². The molecule has 9 nitrogen and oxygen atoms in total. The van der Waals surface area contributed by atoms with Crippen LogP contribution in [0, 0.1) is 0 Å². The molecule has 0 saturated carbocycles. The maximum absolute atomic E-state index is 12.7. The fraction of sp³-hybridized carbons (Fsp3) is 0.0769. The molecule has 0 saturated heterocycles. The Labute approximate surface area is 148 Å². The number of benzene rings is 1. The van der Waals surface area contributed by atoms with Gasteiger partial charge >= 0.3 is 18.1 Å². The van der Waals surface area contributed by atoms with Gasteiger partial charge in [-0.05, 0) is 23.4 Å². The zero-order valence-electron chi connectivity index (χ0n) is 12.5. The minimum Gasteiger partial charge on any atom is -0.367 e. The molecule has 26 heavy (non-hydrogen) atoms. The molecule has 2 rings (SSSR count). The highest BCUT2D eigenvalue weighted by Gasteiger charge is 2.32. The molecule has 0 aromatic heterocycles. The molecular weight excluding hydrogens is 383 g/mol. The van der Waals surface area contributed by atoms with Crippen molar-refractivity contribution < 1.29 is 32.4 Å². The van der Waals surface area contributed by atoms with Gasteiger partial charge in [0, 0.05) is 12.2 Å². The van der Waals surface area contributed by atoms with Crippen molar-refractivity contribution in [2.45, 2.75) is 6.18 Å². The molecule has 0 bridgehead atoms. The van der Waals surface area contributed by atoms with Crippen LogP contribution in [0.25, 0.3) is 0 Å². The van der Waals surface area contributed by atoms with Crippen LogP contribution in [-0.2, 0) is 25.4 Å². The molecule has 1 aromatic rings. The number of guanidine groups is 2. The lowest BCUT2D eigenvalue weighted by atomic mass is 10.2. The molecule has 1 aromatic carbocycles. The Balaban J connectivity index is 2.50. The van der Waals surface area contributed by atoms with E-state index in [0.29, 0.717) is 29.3 Å². The molecule has 0 unspecified atom stereocenters. The number of carbonyl (C=O) groups is 2. The zero-order valence-corrected chi connectivity index (χ0v) is 13.3. The third-order valence-electron chi connectivity index (χ3n) is 2.70. The Morgan fingerprint density at radius 1 is 1.12 bits per heavy atom. The molecule has 4 N–H and O–H groups in total. The third kappa shape index (κ3) is 4.63. The number of hydrogen-bond acceptors (Lipinski definition) is 9. The summed E-state index contributed by atoms with van der Waals surface area (Å²) < 4.78 is 38.2. The van der Waals surface area contributed by atoms with E-state index in [1.807, 2.05) is 0 Å². The van der Waals surface area contributed by atoms with Crippen molar-refractivity contribution >= 4 is 41.1 Å². The second-order valence-corrected chi connectivity index (χ2v) is 4.94. The summed E-state index contributed by atoms with van der Waals surface area (Å²) in [5.74, 6) is -3.43. The van der Waals surface area contributed by atoms with E-state index in [0.717, 1.165) is 6.07 Å². The summed E-state index contributed by atoms with van der Waals surface area (Å²) in [6, 6.07) is 2.19. The highest BCUT2D eigenvalue weighted by molar-refractivity contribution is 6.34. The first-order valence-electron chi connectivity index (χ1n) is 6.53. The molecule has 1 aliphatic heterocycles. The fourth-order valence-electron chi connectivity index (χ4n) is 1.63. The monoisotopic (exact) mass is 391 g/mol. The molecule has 0 atom stereocenters. The predicted octanol–water partition coefficient (Wildman–Crippen LogP) is 1.28. The number of carbonyl (C=O) groups excluding carboxylic acids is 2. The van der Waals surface area contributed by atoms with Gasteiger partial charge < -0.3 is 21.1 Å². The molecule has 1 aliphatic rings. The van der Waals surface area contributed by atoms with Crippen LogP contribution in [0.3, 0.4) is 0 Å². The van der Waals surface area contributed by atoms with Crippen LogP contribution in [0.5, 0.6) is 0 Å². The Morgan fingerprint density at radius 2 is 1.77 bits per heavy atom. The van der Waals surface area contributed by atoms with Crippen molar-refractivity contribution in [1.82, 2.24) is 0 Å². The van der Waals surface area contributed by atoms with Gasteiger partial charge in [0.05, 0.1) is 10.6 Å². The van der Waals surface area contributed by atoms with Gasteiger partial charge in [0.25, 0.3) is 5.96 Å². The SMILES string of the molecule is NC1=N\OC(=O)/C=C\C(=O)ON(c2ccc(C(F)(F)F)cc2Cl)\C(N)=N\1. The molecule has 0 spiro atoms. The fourth-order valence-corrected chi connectivity index (χ4v) is 1.89. The van der Waals surface area contributed by atoms with E-state index in [9.17, 15) is 22.8 Å². The maximum atomic E-state index is 12.7. The number of hydroxylamine groups is 1. The standard InChI is InChI=1S/C13H9ClF3N5O4/c14-7-5-6(13(15,16)17)1-2-8(7)22-12(19)20-11(18)21-25-9(23)3-4-10(24)26-22/h1-5H,(H4,18,19,20,21)/b4-3-. The number of anilines is 1. The quantitative estimate of drug-likeness (QED) is 0.689. The van der Waals surface area contributed by atoms with Crippen LogP contribution < -0.4 is 16.5 Å². The smallest absolute Gasteiger partial charge is 0.367 e. The molecule has 0 fully saturated rings. The third-order valence-corrected chi connectivity index (χ3v) is 3.00. The summed E-state index contributed by atoms with van der Waals surface area (Å²) in [6.07, 6.45) is -3.30. The van der Waals surface area contributed by atoms with Crippen molar-refractivity contribution in [3.05, 3.63) is 40.9 Å². The molecule has 0 radical (unpaired) electrons. The van der Waals surface area contributed by atoms with Crippen molar-refractivity contribution in [2.75, 3.05) is 5.06 Å². The van der Waals surface area contributed by atoms with Gasteiger partial charge in [-0.3, -0.25) is 0 Å². The molecule has 1 heterocycles. The number of aliphatic imine (C=N–C) groups is 1. The van der Waals surface area contributed by atoms with Crippen molar-refractivity contribution in [2.24, 2.45) is 21.6 Å². The lowest BCUT2D eigenvalue weighted by Gasteiger charge is -2.22. The van der Waals surface area contributed by atoms with Crippen molar-refractivity contribution in [3.8, 4) is 0 Å². The lowest BCUT2D eigenvalue weighted by molar-refractivity contribution is -0.140. The minimum atomic E-state index is -4.64. The number of alkyl halides is 3. The largest absolute Gasteiger partial charge is 0.416 e. The Morgan fingerprint density at radius 3 is 2.38 bits per heavy atom. The number of hydrogen-bond donors (Lipinski definition) is 2. The first kappa shape index (κ1) is 19.1. The van der Waals surface area contributed by atoms with Crippen LogP contribution in [0.4, 0.5) is 18.9 Å². The number of nitrogens with zero attached hydrogens (tertiary/aromatic N) is 3. The molecular formula is C13H9ClF3N5O4.